The number of unbranched alkanes of at least 4 members (excludes halogenated alkanes) is 1. The number of nitriles is 1. The molecular weight excluding hydrogens is 1050 g/mol. The van der Waals surface area contributed by atoms with Crippen LogP contribution < -0.4 is 25.2 Å². The molecule has 25 heteroatoms. The zero-order chi connectivity index (χ0) is 56.5. The number of amides is 4. The van der Waals surface area contributed by atoms with E-state index in [0.29, 0.717) is 46.1 Å². The summed E-state index contributed by atoms with van der Waals surface area (Å²) in [7, 11) is 1.53. The van der Waals surface area contributed by atoms with Crippen LogP contribution in [0.15, 0.2) is 73.1 Å². The molecular formula is C52H51F8N9O7S. The summed E-state index contributed by atoms with van der Waals surface area (Å²) in [5, 5.41) is 24.6. The fraction of sp³-hybridized carbons (Fsp3) is 0.385. The van der Waals surface area contributed by atoms with Crippen molar-refractivity contribution in [2.75, 3.05) is 43.2 Å². The number of aromatic amines is 1. The number of nitrogens with zero attached hydrogens (tertiary/aromatic N) is 6. The average molecular weight is 1100 g/mol. The van der Waals surface area contributed by atoms with Crippen LogP contribution in [0.5, 0.6) is 5.75 Å². The van der Waals surface area contributed by atoms with E-state index in [9.17, 15) is 55.9 Å². The van der Waals surface area contributed by atoms with E-state index in [4.69, 9.17) is 21.7 Å². The molecule has 7 rings (SSSR count). The van der Waals surface area contributed by atoms with Crippen molar-refractivity contribution in [1.82, 2.24) is 30.5 Å². The molecule has 2 aliphatic heterocycles. The third-order valence-corrected chi connectivity index (χ3v) is 13.2. The molecule has 0 unspecified atom stereocenters. The molecule has 0 spiro atoms. The Labute approximate surface area is 441 Å². The lowest BCUT2D eigenvalue weighted by molar-refractivity contribution is -0.141. The summed E-state index contributed by atoms with van der Waals surface area (Å²) >= 11 is 5.38. The molecule has 2 fully saturated rings. The van der Waals surface area contributed by atoms with Gasteiger partial charge in [0.2, 0.25) is 11.8 Å². The highest BCUT2D eigenvalue weighted by atomic mass is 32.1. The van der Waals surface area contributed by atoms with Crippen molar-refractivity contribution in [3.63, 3.8) is 0 Å². The summed E-state index contributed by atoms with van der Waals surface area (Å²) in [6, 6.07) is 11.3. The summed E-state index contributed by atoms with van der Waals surface area (Å²) in [6.07, 6.45) is -7.95. The minimum Gasteiger partial charge on any atom is -0.494 e. The van der Waals surface area contributed by atoms with Crippen LogP contribution in [0, 0.1) is 28.4 Å². The maximum atomic E-state index is 15.9. The number of H-pyrrole nitrogens is 1. The SMILES string of the molecule is CNC(=O)c1ccc(-c2c[nH]c([C@@H]3C[C@@H](O)CN3C(=O)[C@@H](NC(=O)COCCCCOc3ccc(-c4ncc(N5C(=S)N(c6ccc(C#N)c(C(F)(F)F)c6F)C(=O)C5(C)C)cc4F)c(C(F)(F)F)c3)C(C)(C)C)n2)cc1. The molecule has 4 N–H and O–H groups in total. The highest BCUT2D eigenvalue weighted by Gasteiger charge is 2.52. The standard InChI is InChI=1S/C52H51F8N9O7S/c1-49(2,3)43(46(73)67-25-31(70)20-38(67)44-64-24-36(65-44)27-9-11-28(12-10-27)45(72)62-6)66-39(71)26-75-17-7-8-18-76-32-14-15-33(34(21-32)51(55,56)57)42-35(53)19-30(23-63-42)69-48(77)68(47(74)50(69,4)5)37-16-13-29(22-61)40(41(37)54)52(58,59)60/h9-16,19,21,23-24,31,38,43,70H,7-8,17-18,20,25-26H2,1-6H3,(H,62,72)(H,64,65)(H,66,71)/t31-,38+,43-/m1/s1. The first kappa shape index (κ1) is 57.2. The molecule has 0 aliphatic carbocycles. The van der Waals surface area contributed by atoms with E-state index in [-0.39, 0.29) is 49.9 Å². The van der Waals surface area contributed by atoms with Gasteiger partial charge in [0.25, 0.3) is 11.8 Å². The van der Waals surface area contributed by atoms with Crippen molar-refractivity contribution in [2.24, 2.45) is 5.41 Å². The van der Waals surface area contributed by atoms with Crippen molar-refractivity contribution >= 4 is 52.3 Å². The van der Waals surface area contributed by atoms with E-state index in [1.54, 1.807) is 51.2 Å². The number of hydrogen-bond donors (Lipinski definition) is 4. The van der Waals surface area contributed by atoms with E-state index < -0.39 is 116 Å². The lowest BCUT2D eigenvalue weighted by atomic mass is 9.85. The molecule has 2 aromatic heterocycles. The number of halogens is 8. The van der Waals surface area contributed by atoms with Gasteiger partial charge in [0.15, 0.2) is 16.7 Å². The third kappa shape index (κ3) is 12.0. The number of benzene rings is 3. The maximum absolute atomic E-state index is 15.9. The summed E-state index contributed by atoms with van der Waals surface area (Å²) in [4.78, 5) is 67.5. The van der Waals surface area contributed by atoms with Gasteiger partial charge in [-0.15, -0.1) is 0 Å². The second-order valence-corrected chi connectivity index (χ2v) is 20.0. The topological polar surface area (TPSA) is 206 Å². The Hall–Kier alpha value is -7.56. The number of ether oxygens (including phenoxy) is 2. The largest absolute Gasteiger partial charge is 0.494 e. The molecule has 408 valence electrons. The van der Waals surface area contributed by atoms with Crippen LogP contribution in [0.25, 0.3) is 22.5 Å². The van der Waals surface area contributed by atoms with Gasteiger partial charge < -0.3 is 40.0 Å². The number of likely N-dealkylation sites (tertiary alicyclic amines) is 1. The zero-order valence-corrected chi connectivity index (χ0v) is 42.9. The summed E-state index contributed by atoms with van der Waals surface area (Å²) in [5.41, 5.74) is -7.87. The smallest absolute Gasteiger partial charge is 0.420 e. The third-order valence-electron chi connectivity index (χ3n) is 12.8. The number of anilines is 2. The maximum Gasteiger partial charge on any atom is 0.420 e. The minimum absolute atomic E-state index is 0.00848. The molecule has 5 aromatic rings. The van der Waals surface area contributed by atoms with Gasteiger partial charge in [0, 0.05) is 55.6 Å². The highest BCUT2D eigenvalue weighted by molar-refractivity contribution is 7.81. The van der Waals surface area contributed by atoms with Gasteiger partial charge in [-0.05, 0) is 86.8 Å². The Morgan fingerprint density at radius 2 is 1.68 bits per heavy atom. The van der Waals surface area contributed by atoms with E-state index in [1.807, 2.05) is 0 Å². The Balaban J connectivity index is 0.934. The number of carbonyl (C=O) groups is 4. The van der Waals surface area contributed by atoms with Crippen LogP contribution in [0.4, 0.5) is 46.5 Å². The molecule has 0 radical (unpaired) electrons. The van der Waals surface area contributed by atoms with E-state index in [0.717, 1.165) is 35.4 Å². The number of rotatable bonds is 16. The van der Waals surface area contributed by atoms with Gasteiger partial charge in [-0.25, -0.2) is 13.8 Å². The number of hydrogen-bond acceptors (Lipinski definition) is 11. The van der Waals surface area contributed by atoms with Crippen LogP contribution in [-0.4, -0.2) is 105 Å². The summed E-state index contributed by atoms with van der Waals surface area (Å²) in [5.74, 6) is -5.41. The van der Waals surface area contributed by atoms with E-state index in [2.05, 4.69) is 25.6 Å². The fourth-order valence-electron chi connectivity index (χ4n) is 8.94. The number of imidazole rings is 1. The molecule has 4 heterocycles. The molecule has 4 amide bonds. The van der Waals surface area contributed by atoms with Gasteiger partial charge in [-0.1, -0.05) is 32.9 Å². The van der Waals surface area contributed by atoms with Crippen molar-refractivity contribution in [3.8, 4) is 34.3 Å². The van der Waals surface area contributed by atoms with Crippen LogP contribution in [0.1, 0.15) is 92.8 Å². The molecule has 0 saturated carbocycles. The number of aromatic nitrogens is 3. The molecule has 2 saturated heterocycles. The number of aliphatic hydroxyl groups is 1. The number of alkyl halides is 6. The predicted octanol–water partition coefficient (Wildman–Crippen LogP) is 8.64. The zero-order valence-electron chi connectivity index (χ0n) is 42.1. The molecule has 77 heavy (non-hydrogen) atoms. The Morgan fingerprint density at radius 1 is 0.987 bits per heavy atom. The van der Waals surface area contributed by atoms with Crippen LogP contribution in [-0.2, 0) is 31.5 Å². The van der Waals surface area contributed by atoms with Gasteiger partial charge in [-0.2, -0.15) is 31.6 Å². The Bertz CT molecular complexity index is 3140. The fourth-order valence-corrected chi connectivity index (χ4v) is 9.45. The number of carbonyl (C=O) groups excluding carboxylic acids is 4. The number of thiocarbonyl (C=S) groups is 1. The monoisotopic (exact) mass is 1100 g/mol. The lowest BCUT2D eigenvalue weighted by Gasteiger charge is -2.35. The predicted molar refractivity (Wildman–Crippen MR) is 267 cm³/mol. The van der Waals surface area contributed by atoms with Crippen molar-refractivity contribution < 1.29 is 68.9 Å². The molecule has 3 aromatic carbocycles. The minimum atomic E-state index is -5.34. The summed E-state index contributed by atoms with van der Waals surface area (Å²) < 4.78 is 128. The Morgan fingerprint density at radius 3 is 2.30 bits per heavy atom. The highest BCUT2D eigenvalue weighted by Crippen LogP contribution is 2.44. The number of nitrogens with one attached hydrogen (secondary N) is 3. The van der Waals surface area contributed by atoms with Gasteiger partial charge >= 0.3 is 12.4 Å². The number of aliphatic hydroxyl groups excluding tert-OH is 1. The van der Waals surface area contributed by atoms with Crippen LogP contribution in [0.3, 0.4) is 0 Å². The number of β-amino-alcohol motifs (C(OH)–C–C–N with tert-alkyl or cyclic N) is 1. The molecule has 16 nitrogen and oxygen atoms in total. The normalized spacial score (nSPS) is 17.1. The van der Waals surface area contributed by atoms with Gasteiger partial charge in [0.05, 0.1) is 59.2 Å². The average Bonchev–Trinajstić information content (AvgIpc) is 4.05. The molecule has 0 bridgehead atoms. The molecule has 3 atom stereocenters. The van der Waals surface area contributed by atoms with Crippen molar-refractivity contribution in [2.45, 2.75) is 90.0 Å². The first-order chi connectivity index (χ1) is 36.1. The van der Waals surface area contributed by atoms with Crippen molar-refractivity contribution in [3.05, 3.63) is 113 Å². The molecule has 2 aliphatic rings. The van der Waals surface area contributed by atoms with Crippen LogP contribution in [0.2, 0.25) is 0 Å². The second-order valence-electron chi connectivity index (χ2n) is 19.7. The van der Waals surface area contributed by atoms with E-state index >= 15 is 8.78 Å². The van der Waals surface area contributed by atoms with Gasteiger partial charge in [0.1, 0.15) is 41.0 Å². The van der Waals surface area contributed by atoms with Crippen LogP contribution >= 0.6 is 12.2 Å². The lowest BCUT2D eigenvalue weighted by Crippen LogP contribution is -2.55. The first-order valence-corrected chi connectivity index (χ1v) is 24.2. The van der Waals surface area contributed by atoms with Crippen molar-refractivity contribution in [1.29, 1.82) is 5.26 Å². The van der Waals surface area contributed by atoms with Gasteiger partial charge in [-0.3, -0.25) is 29.1 Å². The quantitative estimate of drug-likeness (QED) is 0.0416. The summed E-state index contributed by atoms with van der Waals surface area (Å²) in [6.45, 7) is 7.31. The van der Waals surface area contributed by atoms with E-state index in [1.165, 1.54) is 31.9 Å². The Kier molecular flexibility index (Phi) is 16.5. The first-order valence-electron chi connectivity index (χ1n) is 23.8. The second kappa shape index (κ2) is 22.2. The number of pyridine rings is 1.